The van der Waals surface area contributed by atoms with E-state index in [4.69, 9.17) is 9.73 Å². The minimum Gasteiger partial charge on any atom is -0.383 e. The van der Waals surface area contributed by atoms with Gasteiger partial charge in [-0.3, -0.25) is 19.7 Å². The first-order valence-corrected chi connectivity index (χ1v) is 13.0. The average Bonchev–Trinajstić information content (AvgIpc) is 2.97. The van der Waals surface area contributed by atoms with Gasteiger partial charge in [-0.15, -0.1) is 0 Å². The summed E-state index contributed by atoms with van der Waals surface area (Å²) in [6.45, 7) is 13.4. The molecule has 8 heteroatoms. The number of methoxy groups -OCH3 is 1. The van der Waals surface area contributed by atoms with E-state index in [0.717, 1.165) is 67.4 Å². The van der Waals surface area contributed by atoms with Crippen LogP contribution < -0.4 is 15.5 Å². The summed E-state index contributed by atoms with van der Waals surface area (Å²) in [6, 6.07) is 16.2. The quantitative estimate of drug-likeness (QED) is 0.331. The summed E-state index contributed by atoms with van der Waals surface area (Å²) in [4.78, 5) is 25.5. The number of ether oxygens (including phenoxy) is 1. The Morgan fingerprint density at radius 1 is 1.10 bits per heavy atom. The molecule has 1 saturated heterocycles. The zero-order valence-corrected chi connectivity index (χ0v) is 22.5. The molecule has 0 atom stereocenters. The van der Waals surface area contributed by atoms with Crippen LogP contribution in [0, 0.1) is 0 Å². The molecule has 1 aliphatic heterocycles. The molecule has 0 spiro atoms. The number of hydrogen-bond acceptors (Lipinski definition) is 7. The molecule has 1 amide bonds. The van der Waals surface area contributed by atoms with Crippen molar-refractivity contribution in [2.75, 3.05) is 68.6 Å². The fourth-order valence-corrected chi connectivity index (χ4v) is 4.58. The van der Waals surface area contributed by atoms with Gasteiger partial charge in [0.15, 0.2) is 0 Å². The lowest BCUT2D eigenvalue weighted by molar-refractivity contribution is -0.111. The van der Waals surface area contributed by atoms with Crippen LogP contribution in [0.5, 0.6) is 0 Å². The van der Waals surface area contributed by atoms with Crippen molar-refractivity contribution in [3.63, 3.8) is 0 Å². The highest BCUT2D eigenvalue weighted by Gasteiger charge is 2.18. The molecule has 4 rings (SSSR count). The van der Waals surface area contributed by atoms with Crippen LogP contribution in [-0.2, 0) is 9.53 Å². The zero-order chi connectivity index (χ0) is 27.5. The number of nitrogens with one attached hydrogen (secondary N) is 2. The zero-order valence-electron chi connectivity index (χ0n) is 22.5. The van der Waals surface area contributed by atoms with Gasteiger partial charge >= 0.3 is 0 Å². The van der Waals surface area contributed by atoms with Crippen LogP contribution in [0.25, 0.3) is 5.57 Å². The Balaban J connectivity index is 1.43. The van der Waals surface area contributed by atoms with Crippen LogP contribution in [0.15, 0.2) is 101 Å². The molecule has 202 valence electrons. The topological polar surface area (TPSA) is 81.6 Å². The Kier molecular flexibility index (Phi) is 9.99. The maximum atomic E-state index is 11.8. The Morgan fingerprint density at radius 2 is 1.90 bits per heavy atom. The first-order valence-electron chi connectivity index (χ1n) is 13.0. The van der Waals surface area contributed by atoms with Gasteiger partial charge in [-0.2, -0.15) is 0 Å². The number of aliphatic imine (C=N–C) groups is 2. The molecular formula is C31H36N6O2. The molecule has 0 unspecified atom stereocenters. The van der Waals surface area contributed by atoms with E-state index in [0.29, 0.717) is 12.4 Å². The maximum absolute atomic E-state index is 11.8. The molecule has 2 aliphatic rings. The van der Waals surface area contributed by atoms with Crippen LogP contribution in [0.3, 0.4) is 0 Å². The highest BCUT2D eigenvalue weighted by Crippen LogP contribution is 2.27. The summed E-state index contributed by atoms with van der Waals surface area (Å²) in [6.07, 6.45) is 8.89. The fraction of sp³-hybridized carbons (Fsp3) is 0.258. The molecular weight excluding hydrogens is 488 g/mol. The van der Waals surface area contributed by atoms with Crippen molar-refractivity contribution >= 4 is 41.0 Å². The van der Waals surface area contributed by atoms with E-state index in [1.807, 2.05) is 42.5 Å². The van der Waals surface area contributed by atoms with Gasteiger partial charge in [0, 0.05) is 74.2 Å². The van der Waals surface area contributed by atoms with E-state index < -0.39 is 0 Å². The third-order valence-corrected chi connectivity index (χ3v) is 6.66. The number of allylic oxidation sites excluding steroid dienone is 5. The van der Waals surface area contributed by atoms with Gasteiger partial charge in [0.2, 0.25) is 5.91 Å². The maximum Gasteiger partial charge on any atom is 0.247 e. The normalized spacial score (nSPS) is 17.7. The molecule has 1 fully saturated rings. The number of carbonyl (C=O) groups excluding carboxylic acids is 1. The molecule has 0 radical (unpaired) electrons. The molecule has 1 aliphatic carbocycles. The third-order valence-electron chi connectivity index (χ3n) is 6.66. The van der Waals surface area contributed by atoms with Gasteiger partial charge in [0.05, 0.1) is 12.3 Å². The van der Waals surface area contributed by atoms with Crippen LogP contribution in [0.2, 0.25) is 0 Å². The Morgan fingerprint density at radius 3 is 2.62 bits per heavy atom. The Bertz CT molecular complexity index is 1280. The SMILES string of the molecule is C=CC(=O)Nc1cccc(C2=CC=CC(=C/N=C)/C2=N\CNc2ccc(N3CCN(CCOC)CC3)cc2)c1. The highest BCUT2D eigenvalue weighted by molar-refractivity contribution is 6.34. The van der Waals surface area contributed by atoms with E-state index in [-0.39, 0.29) is 5.91 Å². The van der Waals surface area contributed by atoms with Crippen molar-refractivity contribution in [3.8, 4) is 0 Å². The summed E-state index contributed by atoms with van der Waals surface area (Å²) in [7, 11) is 1.75. The minimum atomic E-state index is -0.255. The number of anilines is 3. The number of rotatable bonds is 11. The molecule has 2 N–H and O–H groups in total. The van der Waals surface area contributed by atoms with E-state index in [1.165, 1.54) is 11.8 Å². The second kappa shape index (κ2) is 14.0. The number of carbonyl (C=O) groups is 1. The Labute approximate surface area is 230 Å². The van der Waals surface area contributed by atoms with Gasteiger partial charge < -0.3 is 20.3 Å². The van der Waals surface area contributed by atoms with E-state index in [1.54, 1.807) is 13.3 Å². The number of amides is 1. The molecule has 2 aromatic rings. The lowest BCUT2D eigenvalue weighted by Gasteiger charge is -2.36. The lowest BCUT2D eigenvalue weighted by Crippen LogP contribution is -2.47. The number of hydrogen-bond donors (Lipinski definition) is 2. The van der Waals surface area contributed by atoms with Crippen LogP contribution in [0.4, 0.5) is 17.1 Å². The van der Waals surface area contributed by atoms with Crippen LogP contribution in [0.1, 0.15) is 5.56 Å². The van der Waals surface area contributed by atoms with E-state index in [9.17, 15) is 4.79 Å². The molecule has 0 aromatic heterocycles. The third kappa shape index (κ3) is 7.63. The number of nitrogens with zero attached hydrogens (tertiary/aromatic N) is 4. The minimum absolute atomic E-state index is 0.255. The second-order valence-corrected chi connectivity index (χ2v) is 9.19. The molecule has 2 aromatic carbocycles. The predicted molar refractivity (Wildman–Crippen MR) is 163 cm³/mol. The fourth-order valence-electron chi connectivity index (χ4n) is 4.58. The summed E-state index contributed by atoms with van der Waals surface area (Å²) >= 11 is 0. The highest BCUT2D eigenvalue weighted by atomic mass is 16.5. The smallest absolute Gasteiger partial charge is 0.247 e. The molecule has 0 bridgehead atoms. The molecule has 8 nitrogen and oxygen atoms in total. The van der Waals surface area contributed by atoms with E-state index >= 15 is 0 Å². The van der Waals surface area contributed by atoms with Crippen molar-refractivity contribution in [2.24, 2.45) is 9.98 Å². The standard InChI is InChI=1S/C31H36N6O2/c1-4-30(38)35-27-9-5-7-24(21-27)29-10-6-8-25(22-32-2)31(29)34-23-33-26-11-13-28(14-12-26)37-17-15-36(16-18-37)19-20-39-3/h4-14,21-22,33H,1-2,15-20,23H2,3H3,(H,35,38)/b25-22-,34-31+. The summed E-state index contributed by atoms with van der Waals surface area (Å²) in [5.41, 5.74) is 6.45. The summed E-state index contributed by atoms with van der Waals surface area (Å²) in [5, 5.41) is 6.23. The average molecular weight is 525 g/mol. The second-order valence-electron chi connectivity index (χ2n) is 9.19. The van der Waals surface area contributed by atoms with Gasteiger partial charge in [-0.1, -0.05) is 36.9 Å². The largest absolute Gasteiger partial charge is 0.383 e. The van der Waals surface area contributed by atoms with Crippen molar-refractivity contribution in [2.45, 2.75) is 0 Å². The number of benzene rings is 2. The van der Waals surface area contributed by atoms with E-state index in [2.05, 4.69) is 63.0 Å². The summed E-state index contributed by atoms with van der Waals surface area (Å²) < 4.78 is 5.20. The van der Waals surface area contributed by atoms with Crippen LogP contribution in [-0.4, -0.2) is 76.3 Å². The van der Waals surface area contributed by atoms with Gasteiger partial charge in [-0.25, -0.2) is 0 Å². The van der Waals surface area contributed by atoms with Crippen molar-refractivity contribution in [3.05, 3.63) is 96.8 Å². The van der Waals surface area contributed by atoms with Crippen molar-refractivity contribution in [1.29, 1.82) is 0 Å². The number of piperazine rings is 1. The van der Waals surface area contributed by atoms with Gasteiger partial charge in [0.25, 0.3) is 0 Å². The summed E-state index contributed by atoms with van der Waals surface area (Å²) in [5.74, 6) is -0.255. The molecule has 39 heavy (non-hydrogen) atoms. The Hall–Kier alpha value is -4.27. The lowest BCUT2D eigenvalue weighted by atomic mass is 9.92. The first-order chi connectivity index (χ1) is 19.1. The van der Waals surface area contributed by atoms with Crippen molar-refractivity contribution < 1.29 is 9.53 Å². The molecule has 1 heterocycles. The molecule has 0 saturated carbocycles. The van der Waals surface area contributed by atoms with Gasteiger partial charge in [-0.05, 0) is 54.8 Å². The predicted octanol–water partition coefficient (Wildman–Crippen LogP) is 4.63. The monoisotopic (exact) mass is 524 g/mol. The van der Waals surface area contributed by atoms with Gasteiger partial charge in [0.1, 0.15) is 6.67 Å². The van der Waals surface area contributed by atoms with Crippen LogP contribution >= 0.6 is 0 Å². The first kappa shape index (κ1) is 27.8. The van der Waals surface area contributed by atoms with Crippen molar-refractivity contribution in [1.82, 2.24) is 4.90 Å².